The first kappa shape index (κ1) is 18.7. The molecular weight excluding hydrogens is 328 g/mol. The summed E-state index contributed by atoms with van der Waals surface area (Å²) in [6.45, 7) is 5.30. The molecule has 1 aliphatic rings. The van der Waals surface area contributed by atoms with Gasteiger partial charge in [0.1, 0.15) is 5.75 Å². The molecule has 0 saturated carbocycles. The maximum absolute atomic E-state index is 12.9. The summed E-state index contributed by atoms with van der Waals surface area (Å²) < 4.78 is 28.9. The number of ether oxygens (including phenoxy) is 1. The maximum Gasteiger partial charge on any atom is 0.242 e. The zero-order valence-electron chi connectivity index (χ0n) is 14.5. The molecule has 1 heterocycles. The van der Waals surface area contributed by atoms with Crippen LogP contribution in [0.15, 0.2) is 24.3 Å². The number of hydrogen-bond donors (Lipinski definition) is 2. The highest BCUT2D eigenvalue weighted by Gasteiger charge is 2.48. The van der Waals surface area contributed by atoms with Crippen molar-refractivity contribution < 1.29 is 17.9 Å². The van der Waals surface area contributed by atoms with Gasteiger partial charge in [0.15, 0.2) is 14.6 Å². The summed E-state index contributed by atoms with van der Waals surface area (Å²) in [5, 5.41) is 6.00. The molecule has 0 radical (unpaired) electrons. The number of piperidine rings is 1. The van der Waals surface area contributed by atoms with E-state index >= 15 is 0 Å². The molecule has 1 fully saturated rings. The number of para-hydroxylation sites is 1. The Morgan fingerprint density at radius 3 is 2.54 bits per heavy atom. The summed E-state index contributed by atoms with van der Waals surface area (Å²) in [6.07, 6.45) is 1.73. The molecular formula is C17H26N2O4S. The molecule has 0 spiro atoms. The summed E-state index contributed by atoms with van der Waals surface area (Å²) in [4.78, 5) is 12.9. The third-order valence-corrected chi connectivity index (χ3v) is 6.58. The fourth-order valence-corrected chi connectivity index (χ4v) is 4.47. The molecule has 0 bridgehead atoms. The number of hydrogen-bond acceptors (Lipinski definition) is 5. The van der Waals surface area contributed by atoms with Crippen molar-refractivity contribution in [3.63, 3.8) is 0 Å². The molecule has 1 amide bonds. The van der Waals surface area contributed by atoms with E-state index in [0.29, 0.717) is 25.4 Å². The van der Waals surface area contributed by atoms with Crippen LogP contribution in [0.1, 0.15) is 38.3 Å². The molecule has 6 nitrogen and oxygen atoms in total. The number of benzene rings is 1. The van der Waals surface area contributed by atoms with Crippen LogP contribution in [0.5, 0.6) is 5.75 Å². The van der Waals surface area contributed by atoms with Crippen molar-refractivity contribution in [2.75, 3.05) is 26.0 Å². The Kier molecular flexibility index (Phi) is 5.87. The van der Waals surface area contributed by atoms with Crippen LogP contribution < -0.4 is 15.4 Å². The molecule has 134 valence electrons. The fourth-order valence-electron chi connectivity index (χ4n) is 3.13. The van der Waals surface area contributed by atoms with Gasteiger partial charge in [0.25, 0.3) is 0 Å². The van der Waals surface area contributed by atoms with Gasteiger partial charge >= 0.3 is 0 Å². The minimum absolute atomic E-state index is 0.289. The van der Waals surface area contributed by atoms with Gasteiger partial charge in [-0.2, -0.15) is 0 Å². The van der Waals surface area contributed by atoms with Gasteiger partial charge in [-0.25, -0.2) is 8.42 Å². The van der Waals surface area contributed by atoms with Gasteiger partial charge in [-0.1, -0.05) is 18.2 Å². The lowest BCUT2D eigenvalue weighted by Crippen LogP contribution is -2.57. The van der Waals surface area contributed by atoms with Crippen molar-refractivity contribution in [2.45, 2.75) is 37.5 Å². The molecule has 1 unspecified atom stereocenters. The van der Waals surface area contributed by atoms with Crippen LogP contribution in [0.25, 0.3) is 0 Å². The third kappa shape index (κ3) is 3.72. The standard InChI is InChI=1S/C17H26N2O4S/c1-4-23-15-8-6-5-7-14(15)13(2)19-16(20)17(24(3,21)22)9-11-18-12-10-17/h5-8,13,18H,4,9-12H2,1-3H3,(H,19,20). The summed E-state index contributed by atoms with van der Waals surface area (Å²) in [7, 11) is -3.52. The normalized spacial score (nSPS) is 18.6. The van der Waals surface area contributed by atoms with Crippen molar-refractivity contribution in [3.05, 3.63) is 29.8 Å². The molecule has 0 aliphatic carbocycles. The second-order valence-electron chi connectivity index (χ2n) is 6.18. The summed E-state index contributed by atoms with van der Waals surface area (Å²) >= 11 is 0. The number of amides is 1. The summed E-state index contributed by atoms with van der Waals surface area (Å²) in [5.41, 5.74) is 0.838. The monoisotopic (exact) mass is 354 g/mol. The highest BCUT2D eigenvalue weighted by atomic mass is 32.2. The lowest BCUT2D eigenvalue weighted by atomic mass is 9.95. The largest absolute Gasteiger partial charge is 0.494 e. The Labute approximate surface area is 143 Å². The van der Waals surface area contributed by atoms with Crippen molar-refractivity contribution in [2.24, 2.45) is 0 Å². The smallest absolute Gasteiger partial charge is 0.242 e. The maximum atomic E-state index is 12.9. The fraction of sp³-hybridized carbons (Fsp3) is 0.588. The lowest BCUT2D eigenvalue weighted by molar-refractivity contribution is -0.125. The zero-order valence-corrected chi connectivity index (χ0v) is 15.3. The SMILES string of the molecule is CCOc1ccccc1C(C)NC(=O)C1(S(C)(=O)=O)CCNCC1. The van der Waals surface area contributed by atoms with Crippen LogP contribution >= 0.6 is 0 Å². The highest BCUT2D eigenvalue weighted by Crippen LogP contribution is 2.30. The topological polar surface area (TPSA) is 84.5 Å². The van der Waals surface area contributed by atoms with Gasteiger partial charge in [-0.3, -0.25) is 4.79 Å². The van der Waals surface area contributed by atoms with Crippen molar-refractivity contribution in [3.8, 4) is 5.75 Å². The molecule has 1 atom stereocenters. The second-order valence-corrected chi connectivity index (χ2v) is 8.51. The summed E-state index contributed by atoms with van der Waals surface area (Å²) in [5.74, 6) is 0.275. The van der Waals surface area contributed by atoms with Crippen molar-refractivity contribution in [1.82, 2.24) is 10.6 Å². The van der Waals surface area contributed by atoms with E-state index in [2.05, 4.69) is 10.6 Å². The summed E-state index contributed by atoms with van der Waals surface area (Å²) in [6, 6.07) is 7.13. The number of carbonyl (C=O) groups excluding carboxylic acids is 1. The van der Waals surface area contributed by atoms with Gasteiger partial charge < -0.3 is 15.4 Å². The predicted molar refractivity (Wildman–Crippen MR) is 93.8 cm³/mol. The van der Waals surface area contributed by atoms with E-state index < -0.39 is 20.5 Å². The van der Waals surface area contributed by atoms with E-state index in [9.17, 15) is 13.2 Å². The van der Waals surface area contributed by atoms with E-state index in [-0.39, 0.29) is 18.9 Å². The first-order chi connectivity index (χ1) is 11.3. The van der Waals surface area contributed by atoms with Gasteiger partial charge in [0.2, 0.25) is 5.91 Å². The van der Waals surface area contributed by atoms with E-state index in [4.69, 9.17) is 4.74 Å². The Morgan fingerprint density at radius 1 is 1.33 bits per heavy atom. The minimum atomic E-state index is -3.52. The molecule has 1 saturated heterocycles. The van der Waals surface area contributed by atoms with E-state index in [0.717, 1.165) is 11.8 Å². The van der Waals surface area contributed by atoms with Crippen LogP contribution in [0.4, 0.5) is 0 Å². The van der Waals surface area contributed by atoms with Crippen LogP contribution in [0.2, 0.25) is 0 Å². The molecule has 2 N–H and O–H groups in total. The zero-order chi connectivity index (χ0) is 17.8. The van der Waals surface area contributed by atoms with E-state index in [1.54, 1.807) is 0 Å². The van der Waals surface area contributed by atoms with Crippen LogP contribution in [0, 0.1) is 0 Å². The van der Waals surface area contributed by atoms with Crippen molar-refractivity contribution >= 4 is 15.7 Å². The van der Waals surface area contributed by atoms with Gasteiger partial charge in [-0.15, -0.1) is 0 Å². The van der Waals surface area contributed by atoms with Crippen molar-refractivity contribution in [1.29, 1.82) is 0 Å². The molecule has 1 aromatic carbocycles. The quantitative estimate of drug-likeness (QED) is 0.807. The number of nitrogens with one attached hydrogen (secondary N) is 2. The second kappa shape index (κ2) is 7.53. The van der Waals surface area contributed by atoms with Gasteiger partial charge in [-0.05, 0) is 45.8 Å². The third-order valence-electron chi connectivity index (χ3n) is 4.57. The van der Waals surface area contributed by atoms with Crippen LogP contribution in [0.3, 0.4) is 0 Å². The van der Waals surface area contributed by atoms with E-state index in [1.165, 1.54) is 0 Å². The Balaban J connectivity index is 2.24. The number of sulfone groups is 1. The molecule has 7 heteroatoms. The van der Waals surface area contributed by atoms with Gasteiger partial charge in [0.05, 0.1) is 12.6 Å². The molecule has 1 aliphatic heterocycles. The Bertz CT molecular complexity index is 682. The average Bonchev–Trinajstić information content (AvgIpc) is 2.55. The predicted octanol–water partition coefficient (Wildman–Crippen LogP) is 1.43. The molecule has 2 rings (SSSR count). The highest BCUT2D eigenvalue weighted by molar-refractivity contribution is 7.92. The van der Waals surface area contributed by atoms with Crippen LogP contribution in [-0.2, 0) is 14.6 Å². The number of rotatable bonds is 6. The first-order valence-corrected chi connectivity index (χ1v) is 10.1. The Hall–Kier alpha value is -1.60. The van der Waals surface area contributed by atoms with Crippen LogP contribution in [-0.4, -0.2) is 45.0 Å². The number of carbonyl (C=O) groups is 1. The first-order valence-electron chi connectivity index (χ1n) is 8.25. The van der Waals surface area contributed by atoms with Gasteiger partial charge in [0, 0.05) is 11.8 Å². The molecule has 0 aromatic heterocycles. The Morgan fingerprint density at radius 2 is 1.96 bits per heavy atom. The molecule has 24 heavy (non-hydrogen) atoms. The minimum Gasteiger partial charge on any atom is -0.494 e. The molecule has 1 aromatic rings. The average molecular weight is 354 g/mol. The van der Waals surface area contributed by atoms with E-state index in [1.807, 2.05) is 38.1 Å². The lowest BCUT2D eigenvalue weighted by Gasteiger charge is -2.35.